The van der Waals surface area contributed by atoms with Crippen molar-refractivity contribution in [2.45, 2.75) is 25.0 Å². The first kappa shape index (κ1) is 16.7. The van der Waals surface area contributed by atoms with Gasteiger partial charge in [0.2, 0.25) is 5.91 Å². The molecule has 0 bridgehead atoms. The lowest BCUT2D eigenvalue weighted by Gasteiger charge is -2.36. The number of carbonyl (C=O) groups is 1. The van der Waals surface area contributed by atoms with Crippen molar-refractivity contribution in [2.75, 3.05) is 26.2 Å². The molecule has 0 saturated carbocycles. The molecule has 1 amide bonds. The molecule has 1 fully saturated rings. The predicted molar refractivity (Wildman–Crippen MR) is 91.4 cm³/mol. The molecule has 1 aromatic carbocycles. The lowest BCUT2D eigenvalue weighted by Crippen LogP contribution is -2.55. The van der Waals surface area contributed by atoms with Gasteiger partial charge in [0.05, 0.1) is 13.2 Å². The Hall–Kier alpha value is -2.18. The van der Waals surface area contributed by atoms with Crippen molar-refractivity contribution in [1.29, 1.82) is 0 Å². The molecule has 24 heavy (non-hydrogen) atoms. The summed E-state index contributed by atoms with van der Waals surface area (Å²) in [5, 5.41) is 10.6. The van der Waals surface area contributed by atoms with Gasteiger partial charge in [0.1, 0.15) is 5.54 Å². The van der Waals surface area contributed by atoms with Crippen LogP contribution >= 0.6 is 0 Å². The second-order valence-corrected chi connectivity index (χ2v) is 6.03. The maximum absolute atomic E-state index is 12.8. The van der Waals surface area contributed by atoms with E-state index < -0.39 is 5.54 Å². The van der Waals surface area contributed by atoms with E-state index in [0.717, 1.165) is 31.5 Å². The quantitative estimate of drug-likeness (QED) is 0.752. The van der Waals surface area contributed by atoms with Crippen molar-refractivity contribution in [3.8, 4) is 0 Å². The van der Waals surface area contributed by atoms with Crippen LogP contribution in [0.2, 0.25) is 0 Å². The Morgan fingerprint density at radius 1 is 1.25 bits per heavy atom. The van der Waals surface area contributed by atoms with Gasteiger partial charge in [-0.2, -0.15) is 5.10 Å². The minimum Gasteiger partial charge on any atom is -0.375 e. The molecule has 2 N–H and O–H groups in total. The van der Waals surface area contributed by atoms with Crippen LogP contribution < -0.4 is 10.6 Å². The zero-order valence-corrected chi connectivity index (χ0v) is 13.8. The van der Waals surface area contributed by atoms with E-state index in [-0.39, 0.29) is 5.91 Å². The van der Waals surface area contributed by atoms with E-state index in [1.807, 2.05) is 42.6 Å². The Bertz CT molecular complexity index is 622. The highest BCUT2D eigenvalue weighted by molar-refractivity contribution is 5.84. The molecule has 6 nitrogen and oxygen atoms in total. The van der Waals surface area contributed by atoms with Crippen LogP contribution in [-0.4, -0.2) is 41.9 Å². The van der Waals surface area contributed by atoms with Gasteiger partial charge < -0.3 is 15.4 Å². The molecule has 128 valence electrons. The normalized spacial score (nSPS) is 16.7. The largest absolute Gasteiger partial charge is 0.375 e. The van der Waals surface area contributed by atoms with E-state index in [1.54, 1.807) is 10.9 Å². The van der Waals surface area contributed by atoms with Crippen LogP contribution in [-0.2, 0) is 21.7 Å². The number of amides is 1. The van der Waals surface area contributed by atoms with Crippen molar-refractivity contribution in [3.63, 3.8) is 0 Å². The molecule has 1 aromatic heterocycles. The van der Waals surface area contributed by atoms with Gasteiger partial charge in [0, 0.05) is 18.9 Å². The molecule has 2 aromatic rings. The van der Waals surface area contributed by atoms with Crippen LogP contribution in [0.15, 0.2) is 48.8 Å². The highest BCUT2D eigenvalue weighted by Crippen LogP contribution is 2.26. The lowest BCUT2D eigenvalue weighted by atomic mass is 9.87. The van der Waals surface area contributed by atoms with Gasteiger partial charge in [-0.15, -0.1) is 0 Å². The van der Waals surface area contributed by atoms with Gasteiger partial charge in [-0.3, -0.25) is 9.48 Å². The number of piperidine rings is 1. The third kappa shape index (κ3) is 3.83. The van der Waals surface area contributed by atoms with Crippen molar-refractivity contribution in [2.24, 2.45) is 0 Å². The summed E-state index contributed by atoms with van der Waals surface area (Å²) < 4.78 is 7.43. The molecular formula is C18H24N4O2. The van der Waals surface area contributed by atoms with E-state index in [0.29, 0.717) is 19.8 Å². The summed E-state index contributed by atoms with van der Waals surface area (Å²) in [5.41, 5.74) is 0.545. The number of hydrogen-bond donors (Lipinski definition) is 2. The summed E-state index contributed by atoms with van der Waals surface area (Å²) in [6.45, 7) is 3.19. The van der Waals surface area contributed by atoms with Gasteiger partial charge in [-0.1, -0.05) is 30.3 Å². The second-order valence-electron chi connectivity index (χ2n) is 6.03. The van der Waals surface area contributed by atoms with E-state index in [1.165, 1.54) is 0 Å². The average Bonchev–Trinajstić information content (AvgIpc) is 3.18. The maximum Gasteiger partial charge on any atom is 0.248 e. The number of rotatable bonds is 7. The van der Waals surface area contributed by atoms with Gasteiger partial charge in [0.15, 0.2) is 0 Å². The third-order valence-electron chi connectivity index (χ3n) is 4.44. The first-order chi connectivity index (χ1) is 11.8. The van der Waals surface area contributed by atoms with Crippen molar-refractivity contribution in [1.82, 2.24) is 20.4 Å². The summed E-state index contributed by atoms with van der Waals surface area (Å²) in [6.07, 6.45) is 5.08. The second kappa shape index (κ2) is 8.08. The fourth-order valence-corrected chi connectivity index (χ4v) is 3.09. The Morgan fingerprint density at radius 3 is 2.75 bits per heavy atom. The fourth-order valence-electron chi connectivity index (χ4n) is 3.09. The standard InChI is InChI=1S/C18H24N4O2/c23-17(20-12-14-24-15-16-5-2-1-3-6-16)18(7-10-19-11-8-18)22-13-4-9-21-22/h1-6,9,13,19H,7-8,10-12,14-15H2,(H,20,23). The fraction of sp³-hybridized carbons (Fsp3) is 0.444. The topological polar surface area (TPSA) is 68.2 Å². The Kier molecular flexibility index (Phi) is 5.61. The molecule has 1 aliphatic heterocycles. The number of hydrogen-bond acceptors (Lipinski definition) is 4. The average molecular weight is 328 g/mol. The molecule has 6 heteroatoms. The van der Waals surface area contributed by atoms with Crippen molar-refractivity contribution in [3.05, 3.63) is 54.4 Å². The number of benzene rings is 1. The number of nitrogens with zero attached hydrogens (tertiary/aromatic N) is 2. The highest BCUT2D eigenvalue weighted by atomic mass is 16.5. The molecule has 0 spiro atoms. The number of aromatic nitrogens is 2. The molecule has 0 unspecified atom stereocenters. The molecule has 2 heterocycles. The van der Waals surface area contributed by atoms with Crippen LogP contribution in [0.1, 0.15) is 18.4 Å². The van der Waals surface area contributed by atoms with E-state index in [4.69, 9.17) is 4.74 Å². The minimum absolute atomic E-state index is 0.0241. The Labute approximate surface area is 142 Å². The van der Waals surface area contributed by atoms with Crippen LogP contribution in [0, 0.1) is 0 Å². The van der Waals surface area contributed by atoms with E-state index in [9.17, 15) is 4.79 Å². The van der Waals surface area contributed by atoms with Crippen LogP contribution in [0.4, 0.5) is 0 Å². The molecule has 0 radical (unpaired) electrons. The van der Waals surface area contributed by atoms with Gasteiger partial charge in [-0.25, -0.2) is 0 Å². The van der Waals surface area contributed by atoms with Crippen molar-refractivity contribution < 1.29 is 9.53 Å². The smallest absolute Gasteiger partial charge is 0.248 e. The summed E-state index contributed by atoms with van der Waals surface area (Å²) in [4.78, 5) is 12.8. The van der Waals surface area contributed by atoms with Crippen LogP contribution in [0.3, 0.4) is 0 Å². The summed E-state index contributed by atoms with van der Waals surface area (Å²) in [7, 11) is 0. The van der Waals surface area contributed by atoms with Gasteiger partial charge >= 0.3 is 0 Å². The van der Waals surface area contributed by atoms with Crippen molar-refractivity contribution >= 4 is 5.91 Å². The molecule has 0 aliphatic carbocycles. The predicted octanol–water partition coefficient (Wildman–Crippen LogP) is 1.29. The molecular weight excluding hydrogens is 304 g/mol. The third-order valence-corrected chi connectivity index (χ3v) is 4.44. The highest BCUT2D eigenvalue weighted by Gasteiger charge is 2.41. The van der Waals surface area contributed by atoms with E-state index >= 15 is 0 Å². The monoisotopic (exact) mass is 328 g/mol. The first-order valence-corrected chi connectivity index (χ1v) is 8.42. The maximum atomic E-state index is 12.8. The first-order valence-electron chi connectivity index (χ1n) is 8.42. The SMILES string of the molecule is O=C(NCCOCc1ccccc1)C1(n2cccn2)CCNCC1. The minimum atomic E-state index is -0.589. The van der Waals surface area contributed by atoms with Gasteiger partial charge in [0.25, 0.3) is 0 Å². The molecule has 0 atom stereocenters. The van der Waals surface area contributed by atoms with E-state index in [2.05, 4.69) is 15.7 Å². The summed E-state index contributed by atoms with van der Waals surface area (Å²) in [5.74, 6) is 0.0241. The Balaban J connectivity index is 1.49. The molecule has 1 aliphatic rings. The van der Waals surface area contributed by atoms with Gasteiger partial charge in [-0.05, 0) is 37.6 Å². The number of ether oxygens (including phenoxy) is 1. The molecule has 1 saturated heterocycles. The Morgan fingerprint density at radius 2 is 2.04 bits per heavy atom. The lowest BCUT2D eigenvalue weighted by molar-refractivity contribution is -0.132. The number of nitrogens with one attached hydrogen (secondary N) is 2. The zero-order chi connectivity index (χ0) is 16.7. The summed E-state index contributed by atoms with van der Waals surface area (Å²) >= 11 is 0. The van der Waals surface area contributed by atoms with Crippen LogP contribution in [0.5, 0.6) is 0 Å². The summed E-state index contributed by atoms with van der Waals surface area (Å²) in [6, 6.07) is 11.9. The molecule has 3 rings (SSSR count). The number of carbonyl (C=O) groups excluding carboxylic acids is 1. The van der Waals surface area contributed by atoms with Crippen LogP contribution in [0.25, 0.3) is 0 Å². The zero-order valence-electron chi connectivity index (χ0n) is 13.8.